The molecule has 0 saturated carbocycles. The van der Waals surface area contributed by atoms with E-state index in [0.717, 1.165) is 39.4 Å². The number of hydrogen-bond donors (Lipinski definition) is 0. The topological polar surface area (TPSA) is 30.7 Å². The molecular formula is C14H13Cl2N3S. The zero-order valence-corrected chi connectivity index (χ0v) is 13.3. The SMILES string of the molecule is CCCc1nn(-c2nc3ccccc3s2)c(Cl)c1CCl. The van der Waals surface area contributed by atoms with E-state index in [1.807, 2.05) is 24.3 Å². The third kappa shape index (κ3) is 2.32. The van der Waals surface area contributed by atoms with E-state index in [-0.39, 0.29) is 0 Å². The zero-order chi connectivity index (χ0) is 14.1. The fourth-order valence-electron chi connectivity index (χ4n) is 2.12. The van der Waals surface area contributed by atoms with E-state index >= 15 is 0 Å². The third-order valence-electron chi connectivity index (χ3n) is 3.09. The molecule has 0 unspecified atom stereocenters. The highest BCUT2D eigenvalue weighted by Gasteiger charge is 2.18. The number of fused-ring (bicyclic) bond motifs is 1. The van der Waals surface area contributed by atoms with Crippen LogP contribution in [0.25, 0.3) is 15.3 Å². The van der Waals surface area contributed by atoms with Crippen molar-refractivity contribution in [1.29, 1.82) is 0 Å². The molecule has 0 radical (unpaired) electrons. The van der Waals surface area contributed by atoms with Gasteiger partial charge in [0.1, 0.15) is 5.15 Å². The van der Waals surface area contributed by atoms with Gasteiger partial charge in [-0.05, 0) is 18.6 Å². The van der Waals surface area contributed by atoms with E-state index in [0.29, 0.717) is 11.0 Å². The van der Waals surface area contributed by atoms with Crippen LogP contribution in [0.3, 0.4) is 0 Å². The molecule has 3 aromatic rings. The van der Waals surface area contributed by atoms with Gasteiger partial charge in [0.2, 0.25) is 5.13 Å². The molecule has 0 amide bonds. The Morgan fingerprint density at radius 1 is 1.30 bits per heavy atom. The van der Waals surface area contributed by atoms with E-state index in [2.05, 4.69) is 17.0 Å². The minimum Gasteiger partial charge on any atom is -0.218 e. The molecule has 104 valence electrons. The molecule has 2 heterocycles. The Morgan fingerprint density at radius 3 is 2.80 bits per heavy atom. The summed E-state index contributed by atoms with van der Waals surface area (Å²) in [5, 5.41) is 5.94. The maximum Gasteiger partial charge on any atom is 0.212 e. The summed E-state index contributed by atoms with van der Waals surface area (Å²) in [5.41, 5.74) is 2.84. The Labute approximate surface area is 131 Å². The van der Waals surface area contributed by atoms with Gasteiger partial charge in [-0.2, -0.15) is 9.78 Å². The van der Waals surface area contributed by atoms with Crippen LogP contribution in [0.1, 0.15) is 24.6 Å². The molecule has 0 N–H and O–H groups in total. The number of para-hydroxylation sites is 1. The van der Waals surface area contributed by atoms with Gasteiger partial charge >= 0.3 is 0 Å². The van der Waals surface area contributed by atoms with Crippen LogP contribution in [-0.2, 0) is 12.3 Å². The van der Waals surface area contributed by atoms with E-state index < -0.39 is 0 Å². The van der Waals surface area contributed by atoms with Crippen LogP contribution in [0.4, 0.5) is 0 Å². The zero-order valence-electron chi connectivity index (χ0n) is 10.9. The average Bonchev–Trinajstić information content (AvgIpc) is 3.00. The summed E-state index contributed by atoms with van der Waals surface area (Å²) in [6.45, 7) is 2.11. The second kappa shape index (κ2) is 5.72. The molecular weight excluding hydrogens is 313 g/mol. The van der Waals surface area contributed by atoms with Crippen molar-refractivity contribution in [3.63, 3.8) is 0 Å². The Balaban J connectivity index is 2.13. The van der Waals surface area contributed by atoms with Gasteiger partial charge in [0.25, 0.3) is 0 Å². The van der Waals surface area contributed by atoms with Crippen LogP contribution < -0.4 is 0 Å². The first-order valence-electron chi connectivity index (χ1n) is 6.42. The van der Waals surface area contributed by atoms with Crippen molar-refractivity contribution in [2.24, 2.45) is 0 Å². The largest absolute Gasteiger partial charge is 0.218 e. The second-order valence-electron chi connectivity index (χ2n) is 4.48. The Bertz CT molecular complexity index is 715. The summed E-state index contributed by atoms with van der Waals surface area (Å²) in [7, 11) is 0. The highest BCUT2D eigenvalue weighted by atomic mass is 35.5. The van der Waals surface area contributed by atoms with Gasteiger partial charge in [-0.15, -0.1) is 11.6 Å². The molecule has 0 aliphatic rings. The van der Waals surface area contributed by atoms with Crippen LogP contribution in [0.5, 0.6) is 0 Å². The third-order valence-corrected chi connectivity index (χ3v) is 4.76. The smallest absolute Gasteiger partial charge is 0.212 e. The molecule has 0 saturated heterocycles. The van der Waals surface area contributed by atoms with Gasteiger partial charge < -0.3 is 0 Å². The molecule has 0 aliphatic heterocycles. The van der Waals surface area contributed by atoms with Crippen LogP contribution in [-0.4, -0.2) is 14.8 Å². The quantitative estimate of drug-likeness (QED) is 0.643. The molecule has 6 heteroatoms. The summed E-state index contributed by atoms with van der Waals surface area (Å²) in [6.07, 6.45) is 1.89. The van der Waals surface area contributed by atoms with Gasteiger partial charge in [0.15, 0.2) is 0 Å². The summed E-state index contributed by atoms with van der Waals surface area (Å²) in [5.74, 6) is 0.374. The minimum atomic E-state index is 0.374. The van der Waals surface area contributed by atoms with Crippen LogP contribution in [0.2, 0.25) is 5.15 Å². The lowest BCUT2D eigenvalue weighted by atomic mass is 10.2. The molecule has 3 nitrogen and oxygen atoms in total. The molecule has 0 aliphatic carbocycles. The summed E-state index contributed by atoms with van der Waals surface area (Å²) in [4.78, 5) is 4.58. The van der Waals surface area contributed by atoms with Crippen LogP contribution >= 0.6 is 34.5 Å². The van der Waals surface area contributed by atoms with Gasteiger partial charge in [-0.25, -0.2) is 4.98 Å². The van der Waals surface area contributed by atoms with Crippen molar-refractivity contribution in [2.75, 3.05) is 0 Å². The molecule has 0 spiro atoms. The molecule has 0 fully saturated rings. The Kier molecular flexibility index (Phi) is 3.96. The lowest BCUT2D eigenvalue weighted by molar-refractivity contribution is 0.802. The van der Waals surface area contributed by atoms with Gasteiger partial charge in [0.05, 0.1) is 21.8 Å². The van der Waals surface area contributed by atoms with Crippen molar-refractivity contribution in [3.05, 3.63) is 40.7 Å². The number of alkyl halides is 1. The Morgan fingerprint density at radius 2 is 2.10 bits per heavy atom. The number of aromatic nitrogens is 3. The highest BCUT2D eigenvalue weighted by molar-refractivity contribution is 7.20. The Hall–Kier alpha value is -1.10. The van der Waals surface area contributed by atoms with E-state index in [1.165, 1.54) is 0 Å². The van der Waals surface area contributed by atoms with E-state index in [9.17, 15) is 0 Å². The fraction of sp³-hybridized carbons (Fsp3) is 0.286. The van der Waals surface area contributed by atoms with Crippen LogP contribution in [0.15, 0.2) is 24.3 Å². The van der Waals surface area contributed by atoms with E-state index in [1.54, 1.807) is 16.0 Å². The average molecular weight is 326 g/mol. The number of aryl methyl sites for hydroxylation is 1. The second-order valence-corrected chi connectivity index (χ2v) is 6.11. The normalized spacial score (nSPS) is 11.3. The molecule has 1 aromatic carbocycles. The van der Waals surface area contributed by atoms with Gasteiger partial charge in [0, 0.05) is 5.56 Å². The first-order valence-corrected chi connectivity index (χ1v) is 8.15. The molecule has 3 rings (SSSR count). The fourth-order valence-corrected chi connectivity index (χ4v) is 3.74. The maximum atomic E-state index is 6.41. The summed E-state index contributed by atoms with van der Waals surface area (Å²) >= 11 is 14.0. The van der Waals surface area contributed by atoms with Crippen LogP contribution in [0, 0.1) is 0 Å². The number of thiazole rings is 1. The molecule has 0 atom stereocenters. The number of halogens is 2. The van der Waals surface area contributed by atoms with E-state index in [4.69, 9.17) is 23.2 Å². The predicted octanol–water partition coefficient (Wildman–Crippen LogP) is 4.83. The number of rotatable bonds is 4. The highest BCUT2D eigenvalue weighted by Crippen LogP contribution is 2.30. The lowest BCUT2D eigenvalue weighted by Gasteiger charge is -1.96. The van der Waals surface area contributed by atoms with Crippen molar-refractivity contribution >= 4 is 44.8 Å². The monoisotopic (exact) mass is 325 g/mol. The molecule has 2 aromatic heterocycles. The van der Waals surface area contributed by atoms with Gasteiger partial charge in [-0.1, -0.05) is 48.4 Å². The summed E-state index contributed by atoms with van der Waals surface area (Å²) in [6, 6.07) is 8.01. The predicted molar refractivity (Wildman–Crippen MR) is 85.3 cm³/mol. The maximum absolute atomic E-state index is 6.41. The van der Waals surface area contributed by atoms with Gasteiger partial charge in [-0.3, -0.25) is 0 Å². The summed E-state index contributed by atoms with van der Waals surface area (Å²) < 4.78 is 2.83. The minimum absolute atomic E-state index is 0.374. The first-order chi connectivity index (χ1) is 9.74. The van der Waals surface area contributed by atoms with Crippen molar-refractivity contribution in [1.82, 2.24) is 14.8 Å². The van der Waals surface area contributed by atoms with Crippen molar-refractivity contribution in [3.8, 4) is 5.13 Å². The van der Waals surface area contributed by atoms with Crippen molar-refractivity contribution < 1.29 is 0 Å². The molecule has 0 bridgehead atoms. The number of nitrogens with zero attached hydrogens (tertiary/aromatic N) is 3. The first kappa shape index (κ1) is 13.9. The number of benzene rings is 1. The number of hydrogen-bond acceptors (Lipinski definition) is 3. The molecule has 20 heavy (non-hydrogen) atoms. The standard InChI is InChI=1S/C14H13Cl2N3S/c1-2-5-10-9(8-15)13(16)19(18-10)14-17-11-6-3-4-7-12(11)20-14/h3-4,6-7H,2,5,8H2,1H3. The van der Waals surface area contributed by atoms with Crippen molar-refractivity contribution in [2.45, 2.75) is 25.6 Å². The lowest BCUT2D eigenvalue weighted by Crippen LogP contribution is -1.96.